The van der Waals surface area contributed by atoms with Crippen LogP contribution < -0.4 is 5.56 Å². The van der Waals surface area contributed by atoms with Crippen molar-refractivity contribution in [1.29, 1.82) is 0 Å². The topological polar surface area (TPSA) is 88.7 Å². The highest BCUT2D eigenvalue weighted by Gasteiger charge is 2.31. The number of hydrogen-bond donors (Lipinski definition) is 1. The maximum atomic E-state index is 13.4. The molecule has 0 aliphatic heterocycles. The molecule has 0 spiro atoms. The average Bonchev–Trinajstić information content (AvgIpc) is 2.95. The molecule has 1 aromatic heterocycles. The number of aromatic nitrogens is 1. The van der Waals surface area contributed by atoms with Gasteiger partial charge in [0.1, 0.15) is 0 Å². The van der Waals surface area contributed by atoms with E-state index in [-0.39, 0.29) is 44.9 Å². The Kier molecular flexibility index (Phi) is 5.72. The van der Waals surface area contributed by atoms with Crippen LogP contribution in [-0.4, -0.2) is 27.5 Å². The Hall–Kier alpha value is -5.31. The molecular formula is C31H17F3N2O4. The van der Waals surface area contributed by atoms with Crippen molar-refractivity contribution in [3.63, 3.8) is 0 Å². The maximum Gasteiger partial charge on any atom is 0.416 e. The Balaban J connectivity index is 1.49. The SMILES string of the molecule is O=C1c2ccccc2C(=O)c2cc(N=Cc3c(O)n(-c4cccc(C(F)(F)F)c4)c(=O)c4ccccc34)ccc21. The molecule has 0 saturated heterocycles. The molecule has 0 bridgehead atoms. The molecule has 0 fully saturated rings. The Labute approximate surface area is 224 Å². The van der Waals surface area contributed by atoms with Crippen LogP contribution in [0, 0.1) is 0 Å². The standard InChI is InChI=1S/C31H17F3N2O4/c32-31(33,34)17-6-5-7-19(14-17)36-29(39)24-11-4-1-8-20(24)26(30(36)40)16-35-18-12-13-23-25(15-18)28(38)22-10-3-2-9-21(22)27(23)37/h1-16,40H. The Morgan fingerprint density at radius 1 is 0.700 bits per heavy atom. The number of benzene rings is 4. The van der Waals surface area contributed by atoms with E-state index in [0.29, 0.717) is 16.6 Å². The normalized spacial score (nSPS) is 13.1. The van der Waals surface area contributed by atoms with Crippen LogP contribution in [0.4, 0.5) is 18.9 Å². The highest BCUT2D eigenvalue weighted by molar-refractivity contribution is 6.28. The fourth-order valence-corrected chi connectivity index (χ4v) is 4.86. The van der Waals surface area contributed by atoms with E-state index in [1.165, 1.54) is 36.5 Å². The lowest BCUT2D eigenvalue weighted by Crippen LogP contribution is -2.21. The van der Waals surface area contributed by atoms with Crippen LogP contribution in [0.25, 0.3) is 16.5 Å². The fourth-order valence-electron chi connectivity index (χ4n) is 4.86. The van der Waals surface area contributed by atoms with Gasteiger partial charge in [0.25, 0.3) is 5.56 Å². The second kappa shape index (κ2) is 9.16. The maximum absolute atomic E-state index is 13.4. The van der Waals surface area contributed by atoms with E-state index in [0.717, 1.165) is 22.8 Å². The Morgan fingerprint density at radius 2 is 1.32 bits per heavy atom. The minimum absolute atomic E-state index is 0.0816. The number of pyridine rings is 1. The molecule has 1 heterocycles. The Morgan fingerprint density at radius 3 is 2.02 bits per heavy atom. The Bertz CT molecular complexity index is 1970. The molecule has 40 heavy (non-hydrogen) atoms. The minimum Gasteiger partial charge on any atom is -0.494 e. The summed E-state index contributed by atoms with van der Waals surface area (Å²) in [5.74, 6) is -1.21. The molecule has 0 amide bonds. The molecule has 1 aliphatic rings. The number of fused-ring (bicyclic) bond motifs is 3. The summed E-state index contributed by atoms with van der Waals surface area (Å²) in [7, 11) is 0. The van der Waals surface area contributed by atoms with E-state index < -0.39 is 23.2 Å². The van der Waals surface area contributed by atoms with Crippen molar-refractivity contribution in [3.05, 3.63) is 135 Å². The fraction of sp³-hybridized carbons (Fsp3) is 0.0323. The first-order valence-electron chi connectivity index (χ1n) is 12.1. The first-order valence-corrected chi connectivity index (χ1v) is 12.1. The van der Waals surface area contributed by atoms with Gasteiger partial charge in [-0.25, -0.2) is 4.57 Å². The lowest BCUT2D eigenvalue weighted by Gasteiger charge is -2.17. The van der Waals surface area contributed by atoms with Crippen LogP contribution in [0.3, 0.4) is 0 Å². The van der Waals surface area contributed by atoms with Crippen LogP contribution in [-0.2, 0) is 6.18 Å². The van der Waals surface area contributed by atoms with E-state index >= 15 is 0 Å². The predicted octanol–water partition coefficient (Wildman–Crippen LogP) is 6.24. The van der Waals surface area contributed by atoms with Crippen LogP contribution in [0.1, 0.15) is 43.0 Å². The summed E-state index contributed by atoms with van der Waals surface area (Å²) in [4.78, 5) is 43.6. The van der Waals surface area contributed by atoms with E-state index in [4.69, 9.17) is 0 Å². The van der Waals surface area contributed by atoms with Crippen molar-refractivity contribution in [1.82, 2.24) is 4.57 Å². The number of rotatable bonds is 3. The van der Waals surface area contributed by atoms with Crippen molar-refractivity contribution in [2.45, 2.75) is 6.18 Å². The third-order valence-electron chi connectivity index (χ3n) is 6.79. The molecule has 0 saturated carbocycles. The van der Waals surface area contributed by atoms with Gasteiger partial charge in [-0.1, -0.05) is 48.5 Å². The minimum atomic E-state index is -4.65. The van der Waals surface area contributed by atoms with Gasteiger partial charge < -0.3 is 5.11 Å². The molecule has 6 rings (SSSR count). The van der Waals surface area contributed by atoms with E-state index in [9.17, 15) is 32.7 Å². The van der Waals surface area contributed by atoms with Gasteiger partial charge in [-0.3, -0.25) is 19.4 Å². The van der Waals surface area contributed by atoms with Crippen molar-refractivity contribution in [2.24, 2.45) is 4.99 Å². The zero-order chi connectivity index (χ0) is 28.2. The smallest absolute Gasteiger partial charge is 0.416 e. The second-order valence-corrected chi connectivity index (χ2v) is 9.16. The largest absolute Gasteiger partial charge is 0.494 e. The number of nitrogens with zero attached hydrogens (tertiary/aromatic N) is 2. The number of carbonyl (C=O) groups excluding carboxylic acids is 2. The van der Waals surface area contributed by atoms with Gasteiger partial charge >= 0.3 is 6.18 Å². The molecule has 6 nitrogen and oxygen atoms in total. The quantitative estimate of drug-likeness (QED) is 0.270. The third-order valence-corrected chi connectivity index (χ3v) is 6.79. The second-order valence-electron chi connectivity index (χ2n) is 9.16. The van der Waals surface area contributed by atoms with Gasteiger partial charge in [0.2, 0.25) is 5.88 Å². The van der Waals surface area contributed by atoms with Gasteiger partial charge in [0.15, 0.2) is 11.6 Å². The molecule has 196 valence electrons. The van der Waals surface area contributed by atoms with Gasteiger partial charge in [-0.15, -0.1) is 0 Å². The molecule has 4 aromatic carbocycles. The number of carbonyl (C=O) groups is 2. The van der Waals surface area contributed by atoms with Crippen LogP contribution in [0.15, 0.2) is 101 Å². The molecule has 9 heteroatoms. The zero-order valence-electron chi connectivity index (χ0n) is 20.4. The molecule has 5 aromatic rings. The summed E-state index contributed by atoms with van der Waals surface area (Å²) >= 11 is 0. The van der Waals surface area contributed by atoms with Crippen LogP contribution >= 0.6 is 0 Å². The number of aliphatic imine (C=N–C) groups is 1. The highest BCUT2D eigenvalue weighted by atomic mass is 19.4. The lowest BCUT2D eigenvalue weighted by molar-refractivity contribution is -0.137. The number of halogens is 3. The summed E-state index contributed by atoms with van der Waals surface area (Å²) in [5.41, 5.74) is -0.444. The molecule has 1 aliphatic carbocycles. The predicted molar refractivity (Wildman–Crippen MR) is 143 cm³/mol. The van der Waals surface area contributed by atoms with Crippen LogP contribution in [0.2, 0.25) is 0 Å². The first kappa shape index (κ1) is 25.0. The number of alkyl halides is 3. The van der Waals surface area contributed by atoms with E-state index in [2.05, 4.69) is 4.99 Å². The molecule has 0 radical (unpaired) electrons. The van der Waals surface area contributed by atoms with Crippen molar-refractivity contribution in [2.75, 3.05) is 0 Å². The highest BCUT2D eigenvalue weighted by Crippen LogP contribution is 2.33. The number of hydrogen-bond acceptors (Lipinski definition) is 5. The number of aromatic hydroxyl groups is 1. The molecular weight excluding hydrogens is 521 g/mol. The van der Waals surface area contributed by atoms with Crippen molar-refractivity contribution >= 4 is 34.2 Å². The first-order chi connectivity index (χ1) is 19.1. The van der Waals surface area contributed by atoms with E-state index in [1.54, 1.807) is 42.5 Å². The summed E-state index contributed by atoms with van der Waals surface area (Å²) in [6.07, 6.45) is -3.38. The van der Waals surface area contributed by atoms with Gasteiger partial charge in [-0.05, 0) is 42.5 Å². The molecule has 0 unspecified atom stereocenters. The summed E-state index contributed by atoms with van der Waals surface area (Å²) in [6.45, 7) is 0. The summed E-state index contributed by atoms with van der Waals surface area (Å²) < 4.78 is 40.9. The summed E-state index contributed by atoms with van der Waals surface area (Å²) in [5, 5.41) is 11.6. The zero-order valence-corrected chi connectivity index (χ0v) is 20.4. The van der Waals surface area contributed by atoms with Gasteiger partial charge in [-0.2, -0.15) is 13.2 Å². The third kappa shape index (κ3) is 3.99. The van der Waals surface area contributed by atoms with Crippen molar-refractivity contribution in [3.8, 4) is 11.6 Å². The molecule has 1 N–H and O–H groups in total. The van der Waals surface area contributed by atoms with Gasteiger partial charge in [0, 0.05) is 39.2 Å². The molecule has 0 atom stereocenters. The lowest BCUT2D eigenvalue weighted by atomic mass is 9.84. The number of ketones is 2. The summed E-state index contributed by atoms with van der Waals surface area (Å²) in [6, 6.07) is 21.4. The van der Waals surface area contributed by atoms with Crippen LogP contribution in [0.5, 0.6) is 5.88 Å². The van der Waals surface area contributed by atoms with Gasteiger partial charge in [0.05, 0.1) is 22.5 Å². The monoisotopic (exact) mass is 538 g/mol. The van der Waals surface area contributed by atoms with E-state index in [1.807, 2.05) is 0 Å². The van der Waals surface area contributed by atoms with Crippen molar-refractivity contribution < 1.29 is 27.9 Å². The average molecular weight is 538 g/mol.